The van der Waals surface area contributed by atoms with Crippen molar-refractivity contribution in [1.82, 2.24) is 18.8 Å². The zero-order valence-electron chi connectivity index (χ0n) is 17.1. The molecule has 0 atom stereocenters. The van der Waals surface area contributed by atoms with Gasteiger partial charge >= 0.3 is 0 Å². The number of pyridine rings is 2. The van der Waals surface area contributed by atoms with Crippen LogP contribution in [0, 0.1) is 24.1 Å². The van der Waals surface area contributed by atoms with E-state index in [0.29, 0.717) is 11.3 Å². The van der Waals surface area contributed by atoms with Crippen molar-refractivity contribution in [2.24, 2.45) is 5.10 Å². The summed E-state index contributed by atoms with van der Waals surface area (Å²) in [5.41, 5.74) is 3.70. The summed E-state index contributed by atoms with van der Waals surface area (Å²) in [5.74, 6) is -0.789. The highest BCUT2D eigenvalue weighted by Crippen LogP contribution is 2.23. The molecule has 4 rings (SSSR count). The van der Waals surface area contributed by atoms with Gasteiger partial charge in [-0.15, -0.1) is 0 Å². The Morgan fingerprint density at radius 2 is 2.03 bits per heavy atom. The molecular formula is C22H17FN6O2S. The van der Waals surface area contributed by atoms with Gasteiger partial charge in [0.2, 0.25) is 0 Å². The van der Waals surface area contributed by atoms with E-state index in [2.05, 4.69) is 15.1 Å². The molecule has 32 heavy (non-hydrogen) atoms. The number of aryl methyl sites for hydroxylation is 1. The summed E-state index contributed by atoms with van der Waals surface area (Å²) >= 11 is 0. The number of imidazole rings is 1. The Morgan fingerprint density at radius 3 is 2.75 bits per heavy atom. The highest BCUT2D eigenvalue weighted by molar-refractivity contribution is 7.89. The van der Waals surface area contributed by atoms with E-state index in [1.807, 2.05) is 35.7 Å². The van der Waals surface area contributed by atoms with Crippen molar-refractivity contribution in [3.8, 4) is 17.2 Å². The van der Waals surface area contributed by atoms with Gasteiger partial charge < -0.3 is 0 Å². The van der Waals surface area contributed by atoms with Crippen LogP contribution in [0.2, 0.25) is 0 Å². The maximum absolute atomic E-state index is 13.6. The van der Waals surface area contributed by atoms with Gasteiger partial charge in [0.25, 0.3) is 10.0 Å². The molecule has 0 radical (unpaired) electrons. The Bertz CT molecular complexity index is 1490. The van der Waals surface area contributed by atoms with E-state index < -0.39 is 15.8 Å². The number of benzene rings is 1. The van der Waals surface area contributed by atoms with Crippen LogP contribution in [0.5, 0.6) is 0 Å². The summed E-state index contributed by atoms with van der Waals surface area (Å²) in [5, 5.41) is 13.0. The quantitative estimate of drug-likeness (QED) is 0.344. The molecule has 0 unspecified atom stereocenters. The highest BCUT2D eigenvalue weighted by Gasteiger charge is 2.21. The van der Waals surface area contributed by atoms with E-state index in [9.17, 15) is 12.8 Å². The van der Waals surface area contributed by atoms with Crippen molar-refractivity contribution >= 4 is 21.9 Å². The Morgan fingerprint density at radius 1 is 1.22 bits per heavy atom. The van der Waals surface area contributed by atoms with E-state index in [1.165, 1.54) is 13.3 Å². The molecule has 0 fully saturated rings. The summed E-state index contributed by atoms with van der Waals surface area (Å²) in [6.07, 6.45) is 8.29. The van der Waals surface area contributed by atoms with Gasteiger partial charge in [0.15, 0.2) is 0 Å². The fraction of sp³-hybridized carbons (Fsp3) is 0.0909. The van der Waals surface area contributed by atoms with Crippen molar-refractivity contribution in [1.29, 1.82) is 5.26 Å². The highest BCUT2D eigenvalue weighted by atomic mass is 32.2. The Balaban J connectivity index is 1.69. The van der Waals surface area contributed by atoms with E-state index in [1.54, 1.807) is 24.7 Å². The number of aromatic nitrogens is 3. The summed E-state index contributed by atoms with van der Waals surface area (Å²) in [6, 6.07) is 10.4. The number of nitrogens with zero attached hydrogens (tertiary/aromatic N) is 6. The molecule has 0 aliphatic rings. The van der Waals surface area contributed by atoms with Crippen LogP contribution in [0.4, 0.5) is 4.39 Å². The van der Waals surface area contributed by atoms with Crippen LogP contribution in [-0.4, -0.2) is 40.5 Å². The van der Waals surface area contributed by atoms with Gasteiger partial charge in [-0.3, -0.25) is 9.38 Å². The molecule has 0 N–H and O–H groups in total. The second-order valence-electron chi connectivity index (χ2n) is 6.97. The van der Waals surface area contributed by atoms with Crippen LogP contribution in [-0.2, 0) is 10.0 Å². The van der Waals surface area contributed by atoms with Crippen molar-refractivity contribution in [2.45, 2.75) is 11.8 Å². The first-order valence-corrected chi connectivity index (χ1v) is 10.9. The monoisotopic (exact) mass is 448 g/mol. The molecule has 1 aromatic carbocycles. The maximum atomic E-state index is 13.6. The van der Waals surface area contributed by atoms with E-state index in [4.69, 9.17) is 5.26 Å². The number of hydrazone groups is 1. The zero-order chi connectivity index (χ0) is 22.9. The third kappa shape index (κ3) is 3.81. The third-order valence-corrected chi connectivity index (χ3v) is 6.51. The van der Waals surface area contributed by atoms with E-state index in [0.717, 1.165) is 39.3 Å². The minimum absolute atomic E-state index is 0.233. The molecule has 160 valence electrons. The SMILES string of the molecule is Cc1cc(-c2cccnc2)cn2c(C=NN(C)S(=O)(=O)c3ccc(F)c(C#N)c3)cnc12. The zero-order valence-corrected chi connectivity index (χ0v) is 18.0. The average molecular weight is 448 g/mol. The fourth-order valence-electron chi connectivity index (χ4n) is 3.17. The summed E-state index contributed by atoms with van der Waals surface area (Å²) in [4.78, 5) is 8.31. The van der Waals surface area contributed by atoms with Gasteiger partial charge in [-0.25, -0.2) is 9.37 Å². The summed E-state index contributed by atoms with van der Waals surface area (Å²) < 4.78 is 41.7. The Kier molecular flexibility index (Phi) is 5.42. The van der Waals surface area contributed by atoms with Crippen LogP contribution in [0.25, 0.3) is 16.8 Å². The number of rotatable bonds is 5. The lowest BCUT2D eigenvalue weighted by Gasteiger charge is -2.14. The van der Waals surface area contributed by atoms with Gasteiger partial charge in [-0.05, 0) is 42.8 Å². The van der Waals surface area contributed by atoms with Gasteiger partial charge in [0.05, 0.1) is 28.6 Å². The number of sulfonamides is 1. The number of fused-ring (bicyclic) bond motifs is 1. The normalized spacial score (nSPS) is 11.7. The molecule has 3 heterocycles. The van der Waals surface area contributed by atoms with Gasteiger partial charge in [-0.1, -0.05) is 6.07 Å². The number of hydrogen-bond acceptors (Lipinski definition) is 6. The van der Waals surface area contributed by atoms with Crippen LogP contribution in [0.15, 0.2) is 71.2 Å². The second kappa shape index (κ2) is 8.20. The molecule has 0 saturated heterocycles. The molecule has 0 amide bonds. The number of halogens is 1. The van der Waals surface area contributed by atoms with Crippen LogP contribution < -0.4 is 0 Å². The van der Waals surface area contributed by atoms with E-state index >= 15 is 0 Å². The topological polar surface area (TPSA) is 104 Å². The van der Waals surface area contributed by atoms with Crippen molar-refractivity contribution in [3.05, 3.63) is 83.8 Å². The largest absolute Gasteiger partial charge is 0.298 e. The molecule has 0 aliphatic carbocycles. The standard InChI is InChI=1S/C22H17FN6O2S/c1-15-8-18(16-4-3-7-25-11-16)14-29-19(12-26-22(15)29)13-27-28(2)32(30,31)20-5-6-21(23)17(9-20)10-24/h3-9,11-14H,1-2H3. The number of nitriles is 1. The van der Waals surface area contributed by atoms with Crippen LogP contribution in [0.3, 0.4) is 0 Å². The Hall–Kier alpha value is -4.10. The maximum Gasteiger partial charge on any atom is 0.278 e. The molecule has 0 saturated carbocycles. The molecule has 0 aliphatic heterocycles. The van der Waals surface area contributed by atoms with Gasteiger partial charge in [0, 0.05) is 36.8 Å². The van der Waals surface area contributed by atoms with Crippen molar-refractivity contribution < 1.29 is 12.8 Å². The molecule has 0 spiro atoms. The second-order valence-corrected chi connectivity index (χ2v) is 8.92. The van der Waals surface area contributed by atoms with Crippen LogP contribution >= 0.6 is 0 Å². The summed E-state index contributed by atoms with van der Waals surface area (Å²) in [7, 11) is -2.81. The molecule has 10 heteroatoms. The van der Waals surface area contributed by atoms with Crippen LogP contribution in [0.1, 0.15) is 16.8 Å². The predicted octanol–water partition coefficient (Wildman–Crippen LogP) is 3.37. The van der Waals surface area contributed by atoms with Gasteiger partial charge in [0.1, 0.15) is 17.5 Å². The summed E-state index contributed by atoms with van der Waals surface area (Å²) in [6.45, 7) is 1.93. The first-order valence-electron chi connectivity index (χ1n) is 9.42. The van der Waals surface area contributed by atoms with E-state index in [-0.39, 0.29) is 10.5 Å². The first kappa shape index (κ1) is 21.1. The van der Waals surface area contributed by atoms with Crippen molar-refractivity contribution in [2.75, 3.05) is 7.05 Å². The fourth-order valence-corrected chi connectivity index (χ4v) is 4.15. The minimum atomic E-state index is -4.07. The Labute approximate surface area is 184 Å². The molecule has 0 bridgehead atoms. The molecule has 4 aromatic rings. The lowest BCUT2D eigenvalue weighted by atomic mass is 10.1. The first-order chi connectivity index (χ1) is 15.3. The third-order valence-electron chi connectivity index (χ3n) is 4.87. The molecule has 8 nitrogen and oxygen atoms in total. The lowest BCUT2D eigenvalue weighted by Crippen LogP contribution is -2.22. The number of hydrogen-bond donors (Lipinski definition) is 0. The predicted molar refractivity (Wildman–Crippen MR) is 117 cm³/mol. The molecular weight excluding hydrogens is 431 g/mol. The smallest absolute Gasteiger partial charge is 0.278 e. The lowest BCUT2D eigenvalue weighted by molar-refractivity contribution is 0.490. The van der Waals surface area contributed by atoms with Crippen molar-refractivity contribution in [3.63, 3.8) is 0 Å². The van der Waals surface area contributed by atoms with Gasteiger partial charge in [-0.2, -0.15) is 23.2 Å². The molecule has 3 aromatic heterocycles. The average Bonchev–Trinajstić information content (AvgIpc) is 3.21. The minimum Gasteiger partial charge on any atom is -0.298 e.